The molecule has 0 saturated heterocycles. The van der Waals surface area contributed by atoms with E-state index in [2.05, 4.69) is 15.6 Å². The highest BCUT2D eigenvalue weighted by Gasteiger charge is 2.20. The number of halogens is 4. The molecule has 25 heavy (non-hydrogen) atoms. The average molecular weight is 355 g/mol. The first-order chi connectivity index (χ1) is 12.0. The van der Waals surface area contributed by atoms with E-state index in [4.69, 9.17) is 4.74 Å². The fourth-order valence-corrected chi connectivity index (χ4v) is 2.44. The van der Waals surface area contributed by atoms with Crippen LogP contribution >= 0.6 is 0 Å². The summed E-state index contributed by atoms with van der Waals surface area (Å²) >= 11 is 0. The second kappa shape index (κ2) is 6.96. The van der Waals surface area contributed by atoms with Crippen LogP contribution in [0.25, 0.3) is 0 Å². The average Bonchev–Trinajstić information content (AvgIpc) is 2.59. The Balaban J connectivity index is 1.59. The van der Waals surface area contributed by atoms with Crippen molar-refractivity contribution in [2.45, 2.75) is 12.8 Å². The third kappa shape index (κ3) is 3.65. The van der Waals surface area contributed by atoms with Crippen LogP contribution in [0.5, 0.6) is 5.75 Å². The highest BCUT2D eigenvalue weighted by molar-refractivity contribution is 5.93. The molecule has 0 bridgehead atoms. The van der Waals surface area contributed by atoms with Gasteiger partial charge in [-0.1, -0.05) is 0 Å². The van der Waals surface area contributed by atoms with Gasteiger partial charge in [-0.15, -0.1) is 0 Å². The molecule has 0 fully saturated rings. The lowest BCUT2D eigenvalue weighted by molar-refractivity contribution is -0.116. The van der Waals surface area contributed by atoms with Gasteiger partial charge in [0, 0.05) is 18.7 Å². The summed E-state index contributed by atoms with van der Waals surface area (Å²) in [6.45, 7) is -0.0971. The van der Waals surface area contributed by atoms with Gasteiger partial charge in [0.25, 0.3) is 11.9 Å². The Morgan fingerprint density at radius 3 is 2.56 bits per heavy atom. The molecule has 0 saturated carbocycles. The molecule has 2 aromatic rings. The predicted molar refractivity (Wildman–Crippen MR) is 81.4 cm³/mol. The lowest BCUT2D eigenvalue weighted by Gasteiger charge is -2.18. The van der Waals surface area contributed by atoms with Gasteiger partial charge in [-0.2, -0.15) is 22.5 Å². The van der Waals surface area contributed by atoms with Gasteiger partial charge in [0.2, 0.25) is 17.5 Å². The van der Waals surface area contributed by atoms with Crippen LogP contribution in [-0.4, -0.2) is 24.0 Å². The maximum atomic E-state index is 13.4. The minimum atomic E-state index is -1.72. The number of rotatable bonds is 5. The Morgan fingerprint density at radius 2 is 1.84 bits per heavy atom. The molecule has 0 radical (unpaired) electrons. The van der Waals surface area contributed by atoms with Crippen LogP contribution in [0, 0.1) is 23.5 Å². The van der Waals surface area contributed by atoms with Crippen molar-refractivity contribution in [3.63, 3.8) is 0 Å². The largest absolute Gasteiger partial charge is 0.492 e. The second-order valence-electron chi connectivity index (χ2n) is 5.34. The van der Waals surface area contributed by atoms with Gasteiger partial charge in [-0.05, 0) is 30.2 Å². The number of aryl methyl sites for hydroxylation is 1. The lowest BCUT2D eigenvalue weighted by Crippen LogP contribution is -2.19. The van der Waals surface area contributed by atoms with Crippen LogP contribution in [0.2, 0.25) is 0 Å². The predicted octanol–water partition coefficient (Wildman–Crippen LogP) is 3.01. The van der Waals surface area contributed by atoms with Gasteiger partial charge < -0.3 is 15.4 Å². The number of pyridine rings is 1. The summed E-state index contributed by atoms with van der Waals surface area (Å²) in [5, 5.41) is 4.98. The van der Waals surface area contributed by atoms with E-state index in [9.17, 15) is 22.4 Å². The van der Waals surface area contributed by atoms with E-state index in [1.807, 2.05) is 0 Å². The Morgan fingerprint density at radius 1 is 1.12 bits per heavy atom. The van der Waals surface area contributed by atoms with Crippen LogP contribution in [0.15, 0.2) is 18.2 Å². The number of benzene rings is 1. The van der Waals surface area contributed by atoms with Crippen LogP contribution in [-0.2, 0) is 11.2 Å². The molecule has 2 N–H and O–H groups in total. The molecule has 5 nitrogen and oxygen atoms in total. The maximum Gasteiger partial charge on any atom is 0.253 e. The number of hydrogen-bond acceptors (Lipinski definition) is 4. The number of hydrogen-bond donors (Lipinski definition) is 2. The van der Waals surface area contributed by atoms with E-state index in [1.54, 1.807) is 18.2 Å². The molecular formula is C16H13F4N3O2. The normalized spacial score (nSPS) is 13.2. The van der Waals surface area contributed by atoms with Crippen LogP contribution < -0.4 is 15.4 Å². The third-order valence-corrected chi connectivity index (χ3v) is 3.64. The fourth-order valence-electron chi connectivity index (χ4n) is 2.44. The van der Waals surface area contributed by atoms with Gasteiger partial charge in [0.1, 0.15) is 18.0 Å². The SMILES string of the molecule is O=C1CCc2cc(OCCNc3c(F)c(F)nc(F)c3F)ccc2N1. The summed E-state index contributed by atoms with van der Waals surface area (Å²) in [5.74, 6) is -6.18. The molecule has 9 heteroatoms. The Labute approximate surface area is 140 Å². The first-order valence-electron chi connectivity index (χ1n) is 7.45. The number of nitrogens with one attached hydrogen (secondary N) is 2. The lowest BCUT2D eigenvalue weighted by atomic mass is 10.0. The van der Waals surface area contributed by atoms with Crippen molar-refractivity contribution in [1.29, 1.82) is 0 Å². The summed E-state index contributed by atoms with van der Waals surface area (Å²) in [4.78, 5) is 13.8. The van der Waals surface area contributed by atoms with Gasteiger partial charge in [0.05, 0.1) is 0 Å². The van der Waals surface area contributed by atoms with Crippen molar-refractivity contribution in [2.24, 2.45) is 0 Å². The number of carbonyl (C=O) groups is 1. The summed E-state index contributed by atoms with van der Waals surface area (Å²) in [6.07, 6.45) is 0.971. The zero-order valence-electron chi connectivity index (χ0n) is 12.8. The molecule has 0 unspecified atom stereocenters. The molecule has 0 atom stereocenters. The molecule has 1 amide bonds. The third-order valence-electron chi connectivity index (χ3n) is 3.64. The Hall–Kier alpha value is -2.84. The van der Waals surface area contributed by atoms with E-state index in [0.29, 0.717) is 24.3 Å². The number of aromatic nitrogens is 1. The molecule has 132 valence electrons. The topological polar surface area (TPSA) is 63.2 Å². The maximum absolute atomic E-state index is 13.4. The molecule has 1 aromatic heterocycles. The van der Waals surface area contributed by atoms with Crippen molar-refractivity contribution in [2.75, 3.05) is 23.8 Å². The minimum absolute atomic E-state index is 0.00438. The standard InChI is InChI=1S/C16H13F4N3O2/c17-12-14(13(18)16(20)23-15(12)19)21-5-6-25-9-2-3-10-8(7-9)1-4-11(24)22-10/h2-3,7H,1,4-6H2,(H,21,23)(H,22,24). The molecule has 1 aromatic carbocycles. The first-order valence-corrected chi connectivity index (χ1v) is 7.45. The monoisotopic (exact) mass is 355 g/mol. The van der Waals surface area contributed by atoms with Crippen molar-refractivity contribution in [1.82, 2.24) is 4.98 Å². The first kappa shape index (κ1) is 17.0. The summed E-state index contributed by atoms with van der Waals surface area (Å²) < 4.78 is 58.3. The van der Waals surface area contributed by atoms with Gasteiger partial charge in [-0.3, -0.25) is 4.79 Å². The van der Waals surface area contributed by atoms with Crippen molar-refractivity contribution >= 4 is 17.3 Å². The molecule has 3 rings (SSSR count). The van der Waals surface area contributed by atoms with Crippen molar-refractivity contribution in [3.05, 3.63) is 47.3 Å². The van der Waals surface area contributed by atoms with Gasteiger partial charge >= 0.3 is 0 Å². The van der Waals surface area contributed by atoms with E-state index in [-0.39, 0.29) is 19.1 Å². The highest BCUT2D eigenvalue weighted by atomic mass is 19.2. The molecule has 2 heterocycles. The molecule has 1 aliphatic rings. The van der Waals surface area contributed by atoms with E-state index >= 15 is 0 Å². The smallest absolute Gasteiger partial charge is 0.253 e. The van der Waals surface area contributed by atoms with E-state index in [0.717, 1.165) is 5.56 Å². The number of nitrogens with zero attached hydrogens (tertiary/aromatic N) is 1. The number of ether oxygens (including phenoxy) is 1. The van der Waals surface area contributed by atoms with Crippen LogP contribution in [0.3, 0.4) is 0 Å². The van der Waals surface area contributed by atoms with Crippen molar-refractivity contribution in [3.8, 4) is 5.75 Å². The number of carbonyl (C=O) groups excluding carboxylic acids is 1. The van der Waals surface area contributed by atoms with E-state index in [1.165, 1.54) is 0 Å². The fraction of sp³-hybridized carbons (Fsp3) is 0.250. The summed E-state index contributed by atoms with van der Waals surface area (Å²) in [7, 11) is 0. The number of anilines is 2. The highest BCUT2D eigenvalue weighted by Crippen LogP contribution is 2.27. The summed E-state index contributed by atoms with van der Waals surface area (Å²) in [6, 6.07) is 5.08. The summed E-state index contributed by atoms with van der Waals surface area (Å²) in [5.41, 5.74) is 0.704. The second-order valence-corrected chi connectivity index (χ2v) is 5.34. The Bertz CT molecular complexity index is 803. The molecular weight excluding hydrogens is 342 g/mol. The van der Waals surface area contributed by atoms with Crippen LogP contribution in [0.4, 0.5) is 28.9 Å². The van der Waals surface area contributed by atoms with E-state index < -0.39 is 29.2 Å². The number of fused-ring (bicyclic) bond motifs is 1. The quantitative estimate of drug-likeness (QED) is 0.492. The van der Waals surface area contributed by atoms with Gasteiger partial charge in [0.15, 0.2) is 0 Å². The molecule has 0 spiro atoms. The molecule has 0 aliphatic carbocycles. The molecule has 1 aliphatic heterocycles. The van der Waals surface area contributed by atoms with Crippen LogP contribution in [0.1, 0.15) is 12.0 Å². The Kier molecular flexibility index (Phi) is 4.73. The zero-order valence-corrected chi connectivity index (χ0v) is 12.8. The van der Waals surface area contributed by atoms with Crippen molar-refractivity contribution < 1.29 is 27.1 Å². The number of amides is 1. The van der Waals surface area contributed by atoms with Gasteiger partial charge in [-0.25, -0.2) is 0 Å². The minimum Gasteiger partial charge on any atom is -0.492 e. The zero-order chi connectivity index (χ0) is 18.0.